The molecule has 1 aliphatic carbocycles. The molecule has 0 radical (unpaired) electrons. The number of carbonyl (C=O) groups is 2. The van der Waals surface area contributed by atoms with Crippen molar-refractivity contribution in [3.05, 3.63) is 51.8 Å². The Morgan fingerprint density at radius 2 is 1.86 bits per heavy atom. The minimum absolute atomic E-state index is 0.0197. The van der Waals surface area contributed by atoms with E-state index >= 15 is 0 Å². The Morgan fingerprint density at radius 3 is 2.43 bits per heavy atom. The van der Waals surface area contributed by atoms with Crippen molar-refractivity contribution in [2.75, 3.05) is 33.4 Å². The number of nitrogens with zero attached hydrogens (tertiary/aromatic N) is 4. The summed E-state index contributed by atoms with van der Waals surface area (Å²) in [6, 6.07) is 7.08. The third kappa shape index (κ3) is 4.88. The molecule has 37 heavy (non-hydrogen) atoms. The topological polar surface area (TPSA) is 145 Å². The van der Waals surface area contributed by atoms with Crippen molar-refractivity contribution >= 4 is 33.4 Å². The summed E-state index contributed by atoms with van der Waals surface area (Å²) in [6.45, 7) is 0.879. The summed E-state index contributed by atoms with van der Waals surface area (Å²) in [7, 11) is -1.01. The molecule has 0 unspecified atom stereocenters. The van der Waals surface area contributed by atoms with E-state index in [2.05, 4.69) is 10.4 Å². The number of aliphatic hydroxyl groups is 2. The third-order valence-electron chi connectivity index (χ3n) is 7.48. The Balaban J connectivity index is 1.50. The molecule has 0 atom stereocenters. The van der Waals surface area contributed by atoms with Crippen LogP contribution in [0.4, 0.5) is 0 Å². The smallest absolute Gasteiger partial charge is 0.272 e. The van der Waals surface area contributed by atoms with Gasteiger partial charge in [-0.15, -0.1) is 0 Å². The van der Waals surface area contributed by atoms with Crippen LogP contribution in [0.1, 0.15) is 51.9 Å². The molecule has 0 spiro atoms. The molecule has 1 saturated carbocycles. The van der Waals surface area contributed by atoms with Gasteiger partial charge in [0.15, 0.2) is 5.69 Å². The van der Waals surface area contributed by atoms with Crippen molar-refractivity contribution in [2.24, 2.45) is 7.05 Å². The highest BCUT2D eigenvalue weighted by atomic mass is 35.5. The number of carbonyl (C=O) groups excluding carboxylic acids is 2. The largest absolute Gasteiger partial charge is 0.394 e. The molecule has 11 nitrogen and oxygen atoms in total. The number of hydrogen-bond donors (Lipinski definition) is 3. The molecule has 2 aromatic rings. The summed E-state index contributed by atoms with van der Waals surface area (Å²) in [5.41, 5.74) is 0.484. The fourth-order valence-electron chi connectivity index (χ4n) is 4.59. The van der Waals surface area contributed by atoms with E-state index in [4.69, 9.17) is 11.6 Å². The first kappa shape index (κ1) is 27.5. The van der Waals surface area contributed by atoms with Gasteiger partial charge in [-0.25, -0.2) is 8.42 Å². The van der Waals surface area contributed by atoms with Crippen molar-refractivity contribution in [1.29, 1.82) is 0 Å². The molecule has 0 bridgehead atoms. The van der Waals surface area contributed by atoms with E-state index in [0.29, 0.717) is 29.8 Å². The highest BCUT2D eigenvalue weighted by Gasteiger charge is 2.60. The summed E-state index contributed by atoms with van der Waals surface area (Å²) in [5, 5.41) is 27.1. The molecular weight excluding hydrogens is 522 g/mol. The first-order valence-corrected chi connectivity index (χ1v) is 13.8. The van der Waals surface area contributed by atoms with Crippen molar-refractivity contribution in [3.63, 3.8) is 0 Å². The van der Waals surface area contributed by atoms with Crippen LogP contribution in [0.15, 0.2) is 24.3 Å². The Kier molecular flexibility index (Phi) is 7.43. The second-order valence-corrected chi connectivity index (χ2v) is 12.9. The average molecular weight is 554 g/mol. The molecule has 13 heteroatoms. The predicted octanol–water partition coefficient (Wildman–Crippen LogP) is 0.539. The van der Waals surface area contributed by atoms with Gasteiger partial charge in [0, 0.05) is 44.3 Å². The van der Waals surface area contributed by atoms with E-state index in [1.165, 1.54) is 23.6 Å². The fourth-order valence-corrected chi connectivity index (χ4v) is 6.93. The highest BCUT2D eigenvalue weighted by molar-refractivity contribution is 7.90. The maximum absolute atomic E-state index is 13.5. The van der Waals surface area contributed by atoms with Crippen molar-refractivity contribution in [1.82, 2.24) is 24.3 Å². The van der Waals surface area contributed by atoms with Crippen LogP contribution in [0.5, 0.6) is 0 Å². The molecule has 2 aliphatic rings. The summed E-state index contributed by atoms with van der Waals surface area (Å²) in [5.74, 6) is -0.785. The van der Waals surface area contributed by atoms with Crippen molar-refractivity contribution < 1.29 is 28.2 Å². The van der Waals surface area contributed by atoms with Gasteiger partial charge in [-0.05, 0) is 43.9 Å². The van der Waals surface area contributed by atoms with Gasteiger partial charge in [-0.2, -0.15) is 9.40 Å². The maximum atomic E-state index is 13.5. The number of hydrogen-bond acceptors (Lipinski definition) is 7. The van der Waals surface area contributed by atoms with Gasteiger partial charge in [0.2, 0.25) is 10.0 Å². The molecule has 0 saturated heterocycles. The number of amides is 2. The molecule has 1 fully saturated rings. The Bertz CT molecular complexity index is 1300. The van der Waals surface area contributed by atoms with Gasteiger partial charge in [-0.1, -0.05) is 23.7 Å². The number of nitrogens with one attached hydrogen (secondary N) is 1. The molecule has 1 aliphatic heterocycles. The zero-order chi connectivity index (χ0) is 27.2. The lowest BCUT2D eigenvalue weighted by Gasteiger charge is -2.39. The second-order valence-electron chi connectivity index (χ2n) is 10.1. The predicted molar refractivity (Wildman–Crippen MR) is 137 cm³/mol. The van der Waals surface area contributed by atoms with Crippen LogP contribution < -0.4 is 5.32 Å². The number of aromatic nitrogens is 2. The van der Waals surface area contributed by atoms with E-state index in [1.807, 2.05) is 0 Å². The summed E-state index contributed by atoms with van der Waals surface area (Å²) in [4.78, 5) is 27.8. The zero-order valence-corrected chi connectivity index (χ0v) is 22.6. The molecule has 3 N–H and O–H groups in total. The van der Waals surface area contributed by atoms with Gasteiger partial charge < -0.3 is 20.4 Å². The van der Waals surface area contributed by atoms with Crippen LogP contribution in [-0.2, 0) is 30.0 Å². The number of fused-ring (bicyclic) bond motifs is 1. The third-order valence-corrected chi connectivity index (χ3v) is 10.5. The van der Waals surface area contributed by atoms with Gasteiger partial charge in [-0.3, -0.25) is 14.3 Å². The van der Waals surface area contributed by atoms with E-state index in [9.17, 15) is 28.2 Å². The molecule has 1 aromatic heterocycles. The van der Waals surface area contributed by atoms with Crippen LogP contribution in [0, 0.1) is 0 Å². The zero-order valence-electron chi connectivity index (χ0n) is 21.1. The first-order valence-electron chi connectivity index (χ1n) is 12.0. The van der Waals surface area contributed by atoms with Crippen LogP contribution in [0.25, 0.3) is 0 Å². The highest BCUT2D eigenvalue weighted by Crippen LogP contribution is 2.47. The SMILES string of the molecule is CN(C(C)(CO)CO)S(=O)(=O)C1(CN2CCc3c(C(=O)NCc4ccc(Cl)cc4)nn(C)c3C2=O)CC1. The summed E-state index contributed by atoms with van der Waals surface area (Å²) >= 11 is 5.90. The molecule has 2 heterocycles. The van der Waals surface area contributed by atoms with E-state index in [-0.39, 0.29) is 36.9 Å². The standard InChI is InChI=1S/C24H32ClN5O6S/c1-23(14-31,15-32)29(3)37(35,36)24(9-10-24)13-30-11-8-18-19(27-28(2)20(18)22(30)34)21(33)26-12-16-4-6-17(25)7-5-16/h4-7,31-32H,8-15H2,1-3H3,(H,26,33). The van der Waals surface area contributed by atoms with Crippen LogP contribution in [0.2, 0.25) is 5.02 Å². The van der Waals surface area contributed by atoms with E-state index in [1.54, 1.807) is 31.3 Å². The summed E-state index contributed by atoms with van der Waals surface area (Å²) < 4.78 is 28.1. The molecule has 202 valence electrons. The molecule has 4 rings (SSSR count). The van der Waals surface area contributed by atoms with Gasteiger partial charge in [0.1, 0.15) is 10.4 Å². The lowest BCUT2D eigenvalue weighted by molar-refractivity contribution is 0.0589. The number of likely N-dealkylation sites (N-methyl/N-ethyl adjacent to an activating group) is 1. The average Bonchev–Trinajstić information content (AvgIpc) is 3.60. The molecule has 2 amide bonds. The van der Waals surface area contributed by atoms with Crippen LogP contribution >= 0.6 is 11.6 Å². The van der Waals surface area contributed by atoms with Crippen molar-refractivity contribution in [2.45, 2.75) is 43.0 Å². The van der Waals surface area contributed by atoms with Gasteiger partial charge >= 0.3 is 0 Å². The molecular formula is C24H32ClN5O6S. The van der Waals surface area contributed by atoms with Crippen molar-refractivity contribution in [3.8, 4) is 0 Å². The first-order chi connectivity index (χ1) is 17.4. The number of rotatable bonds is 10. The number of benzene rings is 1. The van der Waals surface area contributed by atoms with Gasteiger partial charge in [0.25, 0.3) is 11.8 Å². The second kappa shape index (κ2) is 9.99. The van der Waals surface area contributed by atoms with E-state index in [0.717, 1.165) is 9.87 Å². The van der Waals surface area contributed by atoms with Gasteiger partial charge in [0.05, 0.1) is 18.8 Å². The van der Waals surface area contributed by atoms with Crippen LogP contribution in [0.3, 0.4) is 0 Å². The number of halogens is 1. The fraction of sp³-hybridized carbons (Fsp3) is 0.542. The minimum atomic E-state index is -3.94. The lowest BCUT2D eigenvalue weighted by atomic mass is 10.0. The number of sulfonamides is 1. The maximum Gasteiger partial charge on any atom is 0.272 e. The summed E-state index contributed by atoms with van der Waals surface area (Å²) in [6.07, 6.45) is 1.09. The Labute approximate surface area is 221 Å². The minimum Gasteiger partial charge on any atom is -0.394 e. The normalized spacial score (nSPS) is 17.2. The van der Waals surface area contributed by atoms with E-state index < -0.39 is 39.4 Å². The monoisotopic (exact) mass is 553 g/mol. The Hall–Kier alpha value is -2.51. The Morgan fingerprint density at radius 1 is 1.24 bits per heavy atom. The van der Waals surface area contributed by atoms with Crippen LogP contribution in [-0.4, -0.2) is 93.1 Å². The number of aliphatic hydroxyl groups excluding tert-OH is 2. The lowest BCUT2D eigenvalue weighted by Crippen LogP contribution is -2.57. The molecule has 1 aromatic carbocycles. The quantitative estimate of drug-likeness (QED) is 0.389. The number of aryl methyl sites for hydroxylation is 1.